The summed E-state index contributed by atoms with van der Waals surface area (Å²) in [6.07, 6.45) is 2.25. The molecule has 1 heterocycles. The molecule has 2 rings (SSSR count). The minimum absolute atomic E-state index is 0.0413. The molecule has 1 aliphatic heterocycles. The first-order chi connectivity index (χ1) is 6.48. The van der Waals surface area contributed by atoms with E-state index in [4.69, 9.17) is 11.1 Å². The topological polar surface area (TPSA) is 70.2 Å². The van der Waals surface area contributed by atoms with Crippen molar-refractivity contribution < 1.29 is 4.79 Å². The fraction of sp³-hybridized carbons (Fsp3) is 0.800. The van der Waals surface area contributed by atoms with Crippen molar-refractivity contribution in [3.63, 3.8) is 0 Å². The SMILES string of the molecule is CC(C)C(=O)C1N(C(=N)N)CC12CC2. The highest BCUT2D eigenvalue weighted by Gasteiger charge is 2.63. The van der Waals surface area contributed by atoms with Gasteiger partial charge in [-0.05, 0) is 12.8 Å². The van der Waals surface area contributed by atoms with E-state index in [9.17, 15) is 4.79 Å². The fourth-order valence-corrected chi connectivity index (χ4v) is 2.32. The fourth-order valence-electron chi connectivity index (χ4n) is 2.32. The Morgan fingerprint density at radius 2 is 2.14 bits per heavy atom. The number of nitrogens with one attached hydrogen (secondary N) is 1. The molecule has 0 aromatic rings. The molecule has 1 unspecified atom stereocenters. The van der Waals surface area contributed by atoms with Crippen LogP contribution >= 0.6 is 0 Å². The van der Waals surface area contributed by atoms with Gasteiger partial charge in [-0.3, -0.25) is 10.2 Å². The van der Waals surface area contributed by atoms with Crippen LogP contribution in [0.25, 0.3) is 0 Å². The number of carbonyl (C=O) groups is 1. The van der Waals surface area contributed by atoms with Gasteiger partial charge in [0.25, 0.3) is 0 Å². The van der Waals surface area contributed by atoms with Crippen molar-refractivity contribution in [3.05, 3.63) is 0 Å². The van der Waals surface area contributed by atoms with Crippen molar-refractivity contribution in [2.45, 2.75) is 32.7 Å². The standard InChI is InChI=1S/C10H17N3O/c1-6(2)7(14)8-10(3-4-10)5-13(8)9(11)12/h6,8H,3-5H2,1-2H3,(H3,11,12). The van der Waals surface area contributed by atoms with Crippen LogP contribution in [-0.2, 0) is 4.79 Å². The number of rotatable bonds is 2. The molecule has 4 heteroatoms. The molecule has 0 aromatic heterocycles. The summed E-state index contributed by atoms with van der Waals surface area (Å²) in [6, 6.07) is -0.0972. The molecule has 0 radical (unpaired) electrons. The molecule has 4 nitrogen and oxygen atoms in total. The first-order valence-corrected chi connectivity index (χ1v) is 5.12. The molecule has 2 aliphatic rings. The Hall–Kier alpha value is -1.06. The first-order valence-electron chi connectivity index (χ1n) is 5.12. The Balaban J connectivity index is 2.13. The van der Waals surface area contributed by atoms with Gasteiger partial charge in [0.05, 0.1) is 6.04 Å². The Morgan fingerprint density at radius 3 is 2.50 bits per heavy atom. The molecule has 1 atom stereocenters. The van der Waals surface area contributed by atoms with Crippen LogP contribution in [0.2, 0.25) is 0 Å². The highest BCUT2D eigenvalue weighted by atomic mass is 16.1. The lowest BCUT2D eigenvalue weighted by Gasteiger charge is -2.49. The van der Waals surface area contributed by atoms with Gasteiger partial charge in [0.1, 0.15) is 0 Å². The zero-order valence-corrected chi connectivity index (χ0v) is 8.71. The van der Waals surface area contributed by atoms with Crippen LogP contribution in [0.3, 0.4) is 0 Å². The zero-order valence-electron chi connectivity index (χ0n) is 8.71. The molecule has 1 saturated carbocycles. The van der Waals surface area contributed by atoms with E-state index in [1.54, 1.807) is 4.90 Å². The normalized spacial score (nSPS) is 27.6. The van der Waals surface area contributed by atoms with E-state index < -0.39 is 0 Å². The van der Waals surface area contributed by atoms with Crippen molar-refractivity contribution in [1.29, 1.82) is 5.41 Å². The van der Waals surface area contributed by atoms with Crippen LogP contribution < -0.4 is 5.73 Å². The molecule has 0 bridgehead atoms. The monoisotopic (exact) mass is 195 g/mol. The van der Waals surface area contributed by atoms with Crippen LogP contribution in [0.5, 0.6) is 0 Å². The third kappa shape index (κ3) is 1.13. The lowest BCUT2D eigenvalue weighted by atomic mass is 9.79. The van der Waals surface area contributed by atoms with Crippen molar-refractivity contribution in [3.8, 4) is 0 Å². The number of guanidine groups is 1. The van der Waals surface area contributed by atoms with E-state index in [1.807, 2.05) is 13.8 Å². The summed E-state index contributed by atoms with van der Waals surface area (Å²) in [4.78, 5) is 13.6. The number of Topliss-reactive ketones (excluding diaryl/α,β-unsaturated/α-hetero) is 1. The highest BCUT2D eigenvalue weighted by Crippen LogP contribution is 2.58. The predicted octanol–water partition coefficient (Wildman–Crippen LogP) is 0.569. The lowest BCUT2D eigenvalue weighted by Crippen LogP contribution is -2.66. The van der Waals surface area contributed by atoms with Crippen LogP contribution in [0.4, 0.5) is 0 Å². The van der Waals surface area contributed by atoms with E-state index in [1.165, 1.54) is 0 Å². The van der Waals surface area contributed by atoms with Crippen molar-refractivity contribution >= 4 is 11.7 Å². The number of hydrogen-bond acceptors (Lipinski definition) is 2. The maximum atomic E-state index is 11.9. The van der Waals surface area contributed by atoms with Gasteiger partial charge in [-0.2, -0.15) is 0 Å². The zero-order chi connectivity index (χ0) is 10.5. The molecule has 2 fully saturated rings. The molecule has 1 aliphatic carbocycles. The summed E-state index contributed by atoms with van der Waals surface area (Å²) in [5, 5.41) is 7.37. The number of ketones is 1. The summed E-state index contributed by atoms with van der Waals surface area (Å²) >= 11 is 0. The molecule has 78 valence electrons. The molecular formula is C10H17N3O. The Bertz CT molecular complexity index is 294. The van der Waals surface area contributed by atoms with Crippen LogP contribution in [0.15, 0.2) is 0 Å². The van der Waals surface area contributed by atoms with E-state index >= 15 is 0 Å². The largest absolute Gasteiger partial charge is 0.370 e. The van der Waals surface area contributed by atoms with Crippen LogP contribution in [0.1, 0.15) is 26.7 Å². The molecular weight excluding hydrogens is 178 g/mol. The predicted molar refractivity (Wildman–Crippen MR) is 53.9 cm³/mol. The first kappa shape index (κ1) is 9.49. The van der Waals surface area contributed by atoms with E-state index in [-0.39, 0.29) is 29.1 Å². The average molecular weight is 195 g/mol. The van der Waals surface area contributed by atoms with Gasteiger partial charge >= 0.3 is 0 Å². The van der Waals surface area contributed by atoms with Crippen molar-refractivity contribution in [1.82, 2.24) is 4.90 Å². The summed E-state index contributed by atoms with van der Waals surface area (Å²) in [6.45, 7) is 4.63. The third-order valence-electron chi connectivity index (χ3n) is 3.42. The maximum absolute atomic E-state index is 11.9. The number of nitrogens with zero attached hydrogens (tertiary/aromatic N) is 1. The van der Waals surface area contributed by atoms with Gasteiger partial charge in [-0.15, -0.1) is 0 Å². The van der Waals surface area contributed by atoms with Crippen molar-refractivity contribution in [2.75, 3.05) is 6.54 Å². The van der Waals surface area contributed by atoms with Crippen molar-refractivity contribution in [2.24, 2.45) is 17.1 Å². The second kappa shape index (κ2) is 2.72. The molecule has 14 heavy (non-hydrogen) atoms. The number of hydrogen-bond donors (Lipinski definition) is 2. The number of likely N-dealkylation sites (tertiary alicyclic amines) is 1. The minimum Gasteiger partial charge on any atom is -0.370 e. The summed E-state index contributed by atoms with van der Waals surface area (Å²) in [5.74, 6) is 0.324. The van der Waals surface area contributed by atoms with Gasteiger partial charge in [-0.1, -0.05) is 13.8 Å². The molecule has 3 N–H and O–H groups in total. The highest BCUT2D eigenvalue weighted by molar-refractivity contribution is 5.93. The summed E-state index contributed by atoms with van der Waals surface area (Å²) in [5.41, 5.74) is 5.63. The lowest BCUT2D eigenvalue weighted by molar-refractivity contribution is -0.134. The van der Waals surface area contributed by atoms with Gasteiger partial charge in [0, 0.05) is 17.9 Å². The Kier molecular flexibility index (Phi) is 1.84. The van der Waals surface area contributed by atoms with Crippen LogP contribution in [0, 0.1) is 16.7 Å². The Labute approximate surface area is 84.0 Å². The third-order valence-corrected chi connectivity index (χ3v) is 3.42. The van der Waals surface area contributed by atoms with Crippen LogP contribution in [-0.4, -0.2) is 29.2 Å². The van der Waals surface area contributed by atoms with Gasteiger partial charge in [-0.25, -0.2) is 0 Å². The quantitative estimate of drug-likeness (QED) is 0.500. The van der Waals surface area contributed by atoms with Gasteiger partial charge in [0.15, 0.2) is 11.7 Å². The second-order valence-corrected chi connectivity index (χ2v) is 4.84. The van der Waals surface area contributed by atoms with E-state index in [2.05, 4.69) is 0 Å². The second-order valence-electron chi connectivity index (χ2n) is 4.84. The molecule has 1 saturated heterocycles. The molecule has 1 spiro atoms. The minimum atomic E-state index is -0.0972. The van der Waals surface area contributed by atoms with E-state index in [0.717, 1.165) is 19.4 Å². The summed E-state index contributed by atoms with van der Waals surface area (Å²) < 4.78 is 0. The smallest absolute Gasteiger partial charge is 0.189 e. The Morgan fingerprint density at radius 1 is 1.57 bits per heavy atom. The molecule has 0 amide bonds. The van der Waals surface area contributed by atoms with Gasteiger partial charge < -0.3 is 10.6 Å². The van der Waals surface area contributed by atoms with E-state index in [0.29, 0.717) is 0 Å². The summed E-state index contributed by atoms with van der Waals surface area (Å²) in [7, 11) is 0. The number of nitrogens with two attached hydrogens (primary N) is 1. The average Bonchev–Trinajstić information content (AvgIpc) is 2.80. The number of carbonyl (C=O) groups excluding carboxylic acids is 1. The van der Waals surface area contributed by atoms with Gasteiger partial charge in [0.2, 0.25) is 0 Å². The maximum Gasteiger partial charge on any atom is 0.189 e. The molecule has 0 aromatic carbocycles.